The van der Waals surface area contributed by atoms with Crippen LogP contribution in [0.1, 0.15) is 23.1 Å². The standard InChI is InChI=1S/C28H27BrN2O5/c1-15-16(2)21(11-10-20(15)29)30-23(32)14-36-28(35)22(12-17-6-4-3-5-7-17)31-26(33)24-18-8-9-19(13-18)25(24)27(31)34/h3-11,18-19,22,24-25H,12-14H2,1-2H3,(H,30,32)/t18-,19-,22-,24-,25+/m0/s1. The molecule has 2 bridgehead atoms. The Morgan fingerprint density at radius 3 is 2.28 bits per heavy atom. The zero-order valence-electron chi connectivity index (χ0n) is 20.1. The van der Waals surface area contributed by atoms with Crippen molar-refractivity contribution in [3.05, 3.63) is 75.8 Å². The van der Waals surface area contributed by atoms with Crippen LogP contribution in [0.25, 0.3) is 0 Å². The fourth-order valence-electron chi connectivity index (χ4n) is 5.69. The average Bonchev–Trinajstić information content (AvgIpc) is 3.56. The van der Waals surface area contributed by atoms with E-state index in [1.165, 1.54) is 0 Å². The number of fused-ring (bicyclic) bond motifs is 5. The number of carbonyl (C=O) groups excluding carboxylic acids is 4. The number of nitrogens with one attached hydrogen (secondary N) is 1. The lowest BCUT2D eigenvalue weighted by atomic mass is 9.85. The summed E-state index contributed by atoms with van der Waals surface area (Å²) in [6, 6.07) is 11.7. The molecule has 3 amide bonds. The van der Waals surface area contributed by atoms with Gasteiger partial charge in [-0.25, -0.2) is 4.79 Å². The van der Waals surface area contributed by atoms with Crippen molar-refractivity contribution in [1.29, 1.82) is 0 Å². The summed E-state index contributed by atoms with van der Waals surface area (Å²) in [5.74, 6) is -2.63. The van der Waals surface area contributed by atoms with Gasteiger partial charge in [-0.1, -0.05) is 58.4 Å². The maximum atomic E-state index is 13.4. The summed E-state index contributed by atoms with van der Waals surface area (Å²) in [4.78, 5) is 53.7. The molecule has 186 valence electrons. The molecule has 1 N–H and O–H groups in total. The van der Waals surface area contributed by atoms with Crippen LogP contribution in [0, 0.1) is 37.5 Å². The maximum absolute atomic E-state index is 13.4. The molecule has 36 heavy (non-hydrogen) atoms. The zero-order valence-corrected chi connectivity index (χ0v) is 21.7. The van der Waals surface area contributed by atoms with E-state index in [1.807, 2.05) is 62.4 Å². The van der Waals surface area contributed by atoms with Gasteiger partial charge in [-0.3, -0.25) is 19.3 Å². The van der Waals surface area contributed by atoms with E-state index >= 15 is 0 Å². The smallest absolute Gasteiger partial charge is 0.330 e. The number of anilines is 1. The van der Waals surface area contributed by atoms with Crippen LogP contribution >= 0.6 is 15.9 Å². The fraction of sp³-hybridized carbons (Fsp3) is 0.357. The Morgan fingerprint density at radius 1 is 1.00 bits per heavy atom. The molecular formula is C28H27BrN2O5. The lowest BCUT2D eigenvalue weighted by Crippen LogP contribution is -2.48. The van der Waals surface area contributed by atoms with Gasteiger partial charge in [0, 0.05) is 16.6 Å². The van der Waals surface area contributed by atoms with Gasteiger partial charge in [0.1, 0.15) is 6.04 Å². The molecule has 5 rings (SSSR count). The number of allylic oxidation sites excluding steroid dienone is 2. The molecule has 7 nitrogen and oxygen atoms in total. The van der Waals surface area contributed by atoms with Gasteiger partial charge in [-0.15, -0.1) is 0 Å². The topological polar surface area (TPSA) is 92.8 Å². The second kappa shape index (κ2) is 9.65. The third-order valence-electron chi connectivity index (χ3n) is 7.70. The van der Waals surface area contributed by atoms with Gasteiger partial charge in [0.15, 0.2) is 6.61 Å². The number of benzene rings is 2. The fourth-order valence-corrected chi connectivity index (χ4v) is 6.12. The number of imide groups is 1. The second-order valence-corrected chi connectivity index (χ2v) is 10.6. The zero-order chi connectivity index (χ0) is 25.6. The predicted molar refractivity (Wildman–Crippen MR) is 137 cm³/mol. The average molecular weight is 551 g/mol. The van der Waals surface area contributed by atoms with E-state index in [-0.39, 0.29) is 30.1 Å². The van der Waals surface area contributed by atoms with Crippen LogP contribution in [0.2, 0.25) is 0 Å². The lowest BCUT2D eigenvalue weighted by Gasteiger charge is -2.26. The highest BCUT2D eigenvalue weighted by Gasteiger charge is 2.61. The number of esters is 1. The summed E-state index contributed by atoms with van der Waals surface area (Å²) in [6.45, 7) is 3.31. The Bertz CT molecular complexity index is 1240. The summed E-state index contributed by atoms with van der Waals surface area (Å²) >= 11 is 3.46. The molecular weight excluding hydrogens is 524 g/mol. The van der Waals surface area contributed by atoms with E-state index in [2.05, 4.69) is 21.2 Å². The molecule has 2 aromatic carbocycles. The molecule has 2 fully saturated rings. The van der Waals surface area contributed by atoms with Gasteiger partial charge in [-0.2, -0.15) is 0 Å². The molecule has 5 atom stereocenters. The Morgan fingerprint density at radius 2 is 1.64 bits per heavy atom. The molecule has 1 aliphatic heterocycles. The third-order valence-corrected chi connectivity index (χ3v) is 8.56. The lowest BCUT2D eigenvalue weighted by molar-refractivity contribution is -0.160. The van der Waals surface area contributed by atoms with Gasteiger partial charge in [0.05, 0.1) is 11.8 Å². The molecule has 1 saturated heterocycles. The molecule has 1 heterocycles. The van der Waals surface area contributed by atoms with Crippen molar-refractivity contribution in [2.45, 2.75) is 32.7 Å². The normalized spacial score (nSPS) is 24.7. The van der Waals surface area contributed by atoms with Crippen LogP contribution in [0.3, 0.4) is 0 Å². The second-order valence-electron chi connectivity index (χ2n) is 9.75. The molecule has 2 aromatic rings. The molecule has 0 aromatic heterocycles. The van der Waals surface area contributed by atoms with Crippen molar-refractivity contribution >= 4 is 45.3 Å². The van der Waals surface area contributed by atoms with Gasteiger partial charge >= 0.3 is 5.97 Å². The highest BCUT2D eigenvalue weighted by Crippen LogP contribution is 2.53. The number of amides is 3. The molecule has 0 unspecified atom stereocenters. The SMILES string of the molecule is Cc1c(Br)ccc(NC(=O)COC(=O)[C@H](Cc2ccccc2)N2C(=O)[C@@H]3[C@H](C2=O)[C@H]2C=C[C@H]3C2)c1C. The Balaban J connectivity index is 1.32. The summed E-state index contributed by atoms with van der Waals surface area (Å²) in [5, 5.41) is 2.77. The summed E-state index contributed by atoms with van der Waals surface area (Å²) in [5.41, 5.74) is 3.31. The van der Waals surface area contributed by atoms with E-state index in [0.717, 1.165) is 32.5 Å². The highest BCUT2D eigenvalue weighted by molar-refractivity contribution is 9.10. The van der Waals surface area contributed by atoms with Crippen LogP contribution in [0.5, 0.6) is 0 Å². The van der Waals surface area contributed by atoms with Gasteiger partial charge < -0.3 is 10.1 Å². The van der Waals surface area contributed by atoms with Crippen LogP contribution in [0.15, 0.2) is 59.1 Å². The summed E-state index contributed by atoms with van der Waals surface area (Å²) in [6.07, 6.45) is 4.97. The van der Waals surface area contributed by atoms with Crippen molar-refractivity contribution in [3.63, 3.8) is 0 Å². The first kappa shape index (κ1) is 24.4. The minimum Gasteiger partial charge on any atom is -0.454 e. The number of hydrogen-bond donors (Lipinski definition) is 1. The molecule has 0 spiro atoms. The monoisotopic (exact) mass is 550 g/mol. The molecule has 8 heteroatoms. The minimum atomic E-state index is -1.12. The van der Waals surface area contributed by atoms with E-state index < -0.39 is 36.4 Å². The Labute approximate surface area is 218 Å². The quantitative estimate of drug-likeness (QED) is 0.320. The molecule has 2 aliphatic carbocycles. The molecule has 3 aliphatic rings. The number of hydrogen-bond acceptors (Lipinski definition) is 5. The van der Waals surface area contributed by atoms with E-state index in [1.54, 1.807) is 6.07 Å². The van der Waals surface area contributed by atoms with Crippen molar-refractivity contribution in [2.24, 2.45) is 23.7 Å². The van der Waals surface area contributed by atoms with Crippen molar-refractivity contribution in [3.8, 4) is 0 Å². The number of rotatable bonds is 7. The van der Waals surface area contributed by atoms with Crippen LogP contribution in [-0.2, 0) is 30.3 Å². The first-order valence-corrected chi connectivity index (χ1v) is 12.9. The largest absolute Gasteiger partial charge is 0.454 e. The first-order chi connectivity index (χ1) is 17.3. The van der Waals surface area contributed by atoms with Crippen LogP contribution in [0.4, 0.5) is 5.69 Å². The minimum absolute atomic E-state index is 0.0400. The number of carbonyl (C=O) groups is 4. The van der Waals surface area contributed by atoms with Gasteiger partial charge in [0.2, 0.25) is 11.8 Å². The Kier molecular flexibility index (Phi) is 6.55. The number of halogens is 1. The number of nitrogens with zero attached hydrogens (tertiary/aromatic N) is 1. The maximum Gasteiger partial charge on any atom is 0.330 e. The Hall–Kier alpha value is -3.26. The van der Waals surface area contributed by atoms with Crippen molar-refractivity contribution < 1.29 is 23.9 Å². The van der Waals surface area contributed by atoms with E-state index in [9.17, 15) is 19.2 Å². The molecule has 1 saturated carbocycles. The van der Waals surface area contributed by atoms with Gasteiger partial charge in [-0.05, 0) is 60.9 Å². The summed E-state index contributed by atoms with van der Waals surface area (Å²) < 4.78 is 6.31. The number of ether oxygens (including phenoxy) is 1. The highest BCUT2D eigenvalue weighted by atomic mass is 79.9. The third kappa shape index (κ3) is 4.28. The summed E-state index contributed by atoms with van der Waals surface area (Å²) in [7, 11) is 0. The van der Waals surface area contributed by atoms with Gasteiger partial charge in [0.25, 0.3) is 5.91 Å². The first-order valence-electron chi connectivity index (χ1n) is 12.1. The van der Waals surface area contributed by atoms with Crippen molar-refractivity contribution in [2.75, 3.05) is 11.9 Å². The predicted octanol–water partition coefficient (Wildman–Crippen LogP) is 3.97. The van der Waals surface area contributed by atoms with E-state index in [4.69, 9.17) is 4.74 Å². The molecule has 0 radical (unpaired) electrons. The number of likely N-dealkylation sites (tertiary alicyclic amines) is 1. The van der Waals surface area contributed by atoms with Crippen LogP contribution < -0.4 is 5.32 Å². The van der Waals surface area contributed by atoms with Crippen LogP contribution in [-0.4, -0.2) is 41.2 Å². The van der Waals surface area contributed by atoms with E-state index in [0.29, 0.717) is 5.69 Å². The van der Waals surface area contributed by atoms with Crippen molar-refractivity contribution in [1.82, 2.24) is 4.90 Å².